The van der Waals surface area contributed by atoms with Gasteiger partial charge in [0, 0.05) is 71.5 Å². The maximum Gasteiger partial charge on any atom is 0.242 e. The normalized spacial score (nSPS) is 26.3. The van der Waals surface area contributed by atoms with Crippen molar-refractivity contribution in [2.75, 3.05) is 53.6 Å². The van der Waals surface area contributed by atoms with Gasteiger partial charge < -0.3 is 9.80 Å². The molecular weight excluding hydrogens is 414 g/mol. The Labute approximate surface area is 199 Å². The number of sulfonamides is 1. The summed E-state index contributed by atoms with van der Waals surface area (Å²) in [6, 6.07) is 11.2. The third-order valence-electron chi connectivity index (χ3n) is 5.08. The average Bonchev–Trinajstić information content (AvgIpc) is 2.83. The van der Waals surface area contributed by atoms with Crippen LogP contribution in [0.25, 0.3) is 5.57 Å². The van der Waals surface area contributed by atoms with Crippen molar-refractivity contribution in [3.63, 3.8) is 0 Å². The third-order valence-corrected chi connectivity index (χ3v) is 7.56. The van der Waals surface area contributed by atoms with Crippen molar-refractivity contribution < 1.29 is 23.5 Å². The van der Waals surface area contributed by atoms with Crippen LogP contribution in [0.1, 0.15) is 32.6 Å². The zero-order chi connectivity index (χ0) is 30.6. The van der Waals surface area contributed by atoms with E-state index in [2.05, 4.69) is 0 Å². The summed E-state index contributed by atoms with van der Waals surface area (Å²) in [5.41, 5.74) is 1.63. The van der Waals surface area contributed by atoms with Crippen LogP contribution >= 0.6 is 11.8 Å². The second-order valence-corrected chi connectivity index (χ2v) is 9.85. The fourth-order valence-electron chi connectivity index (χ4n) is 3.48. The lowest BCUT2D eigenvalue weighted by Gasteiger charge is -2.32. The van der Waals surface area contributed by atoms with Crippen molar-refractivity contribution in [1.29, 1.82) is 0 Å². The van der Waals surface area contributed by atoms with E-state index >= 15 is 0 Å². The van der Waals surface area contributed by atoms with Crippen molar-refractivity contribution in [3.05, 3.63) is 59.7 Å². The standard InChI is InChI=1S/C23H29N3O2S2/c1-24(2)30(27,28)18-10-11-23-21(17-18)19(20-7-4-5-9-22(20)29-23)8-6-12-26-15-13-25(3)14-16-26/h4-5,7-11,17H,6,12-16H2,1-3H3/b19-8-/i1D3,2D3,3D3,12D2. The predicted molar refractivity (Wildman–Crippen MR) is 124 cm³/mol. The van der Waals surface area contributed by atoms with Gasteiger partial charge in [-0.25, -0.2) is 12.7 Å². The molecule has 160 valence electrons. The molecule has 0 saturated carbocycles. The van der Waals surface area contributed by atoms with Crippen LogP contribution in [-0.4, -0.2) is 76.1 Å². The van der Waals surface area contributed by atoms with Gasteiger partial charge in [0.1, 0.15) is 0 Å². The van der Waals surface area contributed by atoms with Crippen LogP contribution in [0.15, 0.2) is 63.2 Å². The number of likely N-dealkylation sites (N-methyl/N-ethyl adjacent to an activating group) is 1. The molecule has 2 aromatic rings. The second-order valence-electron chi connectivity index (χ2n) is 6.98. The zero-order valence-electron chi connectivity index (χ0n) is 27.1. The van der Waals surface area contributed by atoms with E-state index in [1.807, 2.05) is 12.1 Å². The van der Waals surface area contributed by atoms with Gasteiger partial charge in [0.05, 0.1) is 4.90 Å². The third kappa shape index (κ3) is 4.36. The molecule has 0 N–H and O–H groups in total. The van der Waals surface area contributed by atoms with Crippen molar-refractivity contribution in [3.8, 4) is 0 Å². The number of benzene rings is 2. The van der Waals surface area contributed by atoms with Crippen LogP contribution in [0.5, 0.6) is 0 Å². The lowest BCUT2D eigenvalue weighted by Crippen LogP contribution is -2.44. The Morgan fingerprint density at radius 2 is 1.87 bits per heavy atom. The number of hydrogen-bond acceptors (Lipinski definition) is 5. The summed E-state index contributed by atoms with van der Waals surface area (Å²) in [6.45, 7) is -10.2. The largest absolute Gasteiger partial charge is 0.304 e. The van der Waals surface area contributed by atoms with Crippen LogP contribution < -0.4 is 0 Å². The fourth-order valence-corrected chi connectivity index (χ4v) is 5.28. The molecule has 0 aliphatic carbocycles. The molecule has 7 heteroatoms. The molecule has 2 aliphatic rings. The molecule has 1 saturated heterocycles. The van der Waals surface area contributed by atoms with Crippen LogP contribution in [0.3, 0.4) is 0 Å². The lowest BCUT2D eigenvalue weighted by atomic mass is 9.96. The Morgan fingerprint density at radius 3 is 2.63 bits per heavy atom. The molecule has 0 amide bonds. The summed E-state index contributed by atoms with van der Waals surface area (Å²) < 4.78 is 112. The van der Waals surface area contributed by atoms with Gasteiger partial charge in [-0.05, 0) is 54.4 Å². The smallest absolute Gasteiger partial charge is 0.242 e. The van der Waals surface area contributed by atoms with Crippen LogP contribution in [-0.2, 0) is 10.0 Å². The Hall–Kier alpha value is -1.64. The first-order valence-electron chi connectivity index (χ1n) is 14.9. The SMILES string of the molecule is [2H]C([2H])([2H])N1CCN(C([2H])([2H])C/C=C2/c3ccccc3Sc3ccc(S(=O)(=O)N(C([2H])([2H])[2H])C([2H])([2H])[2H])cc32)CC1. The minimum Gasteiger partial charge on any atom is -0.304 e. The summed E-state index contributed by atoms with van der Waals surface area (Å²) in [7, 11) is -4.99. The molecular formula is C23H29N3O2S2. The van der Waals surface area contributed by atoms with Crippen LogP contribution in [0.2, 0.25) is 0 Å². The maximum atomic E-state index is 13.4. The van der Waals surface area contributed by atoms with Gasteiger partial charge in [-0.1, -0.05) is 36.0 Å². The highest BCUT2D eigenvalue weighted by molar-refractivity contribution is 7.99. The highest BCUT2D eigenvalue weighted by atomic mass is 32.2. The van der Waals surface area contributed by atoms with E-state index in [1.54, 1.807) is 23.1 Å². The molecule has 2 aliphatic heterocycles. The van der Waals surface area contributed by atoms with Gasteiger partial charge >= 0.3 is 0 Å². The summed E-state index contributed by atoms with van der Waals surface area (Å²) in [5.74, 6) is 0. The molecule has 0 unspecified atom stereocenters. The van der Waals surface area contributed by atoms with Gasteiger partial charge in [0.15, 0.2) is 0 Å². The van der Waals surface area contributed by atoms with Crippen molar-refractivity contribution in [2.24, 2.45) is 0 Å². The highest BCUT2D eigenvalue weighted by Crippen LogP contribution is 2.46. The maximum absolute atomic E-state index is 13.4. The molecule has 1 fully saturated rings. The Bertz CT molecular complexity index is 1420. The quantitative estimate of drug-likeness (QED) is 0.591. The van der Waals surface area contributed by atoms with E-state index in [0.29, 0.717) is 21.6 Å². The number of fused-ring (bicyclic) bond motifs is 2. The molecule has 0 aromatic heterocycles. The minimum atomic E-state index is -4.99. The number of nitrogens with zero attached hydrogens (tertiary/aromatic N) is 3. The van der Waals surface area contributed by atoms with Crippen molar-refractivity contribution in [2.45, 2.75) is 21.1 Å². The van der Waals surface area contributed by atoms with Gasteiger partial charge in [-0.2, -0.15) is 0 Å². The second kappa shape index (κ2) is 8.85. The predicted octanol–water partition coefficient (Wildman–Crippen LogP) is 3.47. The first kappa shape index (κ1) is 11.8. The van der Waals surface area contributed by atoms with Gasteiger partial charge in [-0.15, -0.1) is 0 Å². The van der Waals surface area contributed by atoms with Crippen LogP contribution in [0, 0.1) is 0 Å². The summed E-state index contributed by atoms with van der Waals surface area (Å²) in [6.07, 6.45) is 1.54. The molecule has 2 aromatic carbocycles. The van der Waals surface area contributed by atoms with E-state index in [0.717, 1.165) is 4.90 Å². The molecule has 30 heavy (non-hydrogen) atoms. The minimum absolute atomic E-state index is 0.109. The number of piperazine rings is 1. The molecule has 0 bridgehead atoms. The van der Waals surface area contributed by atoms with Crippen LogP contribution in [0.4, 0.5) is 0 Å². The van der Waals surface area contributed by atoms with Crippen molar-refractivity contribution >= 4 is 27.4 Å². The fraction of sp³-hybridized carbons (Fsp3) is 0.391. The van der Waals surface area contributed by atoms with Gasteiger partial charge in [0.25, 0.3) is 0 Å². The zero-order valence-corrected chi connectivity index (χ0v) is 17.8. The first-order chi connectivity index (χ1) is 18.7. The Kier molecular flexibility index (Phi) is 3.49. The molecule has 0 spiro atoms. The molecule has 0 atom stereocenters. The highest BCUT2D eigenvalue weighted by Gasteiger charge is 2.25. The Morgan fingerprint density at radius 1 is 1.10 bits per heavy atom. The molecule has 2 heterocycles. The van der Waals surface area contributed by atoms with Gasteiger partial charge in [0.2, 0.25) is 10.0 Å². The van der Waals surface area contributed by atoms with E-state index in [1.165, 1.54) is 34.9 Å². The number of hydrogen-bond donors (Lipinski definition) is 0. The summed E-state index contributed by atoms with van der Waals surface area (Å²) >= 11 is 1.35. The average molecular weight is 455 g/mol. The summed E-state index contributed by atoms with van der Waals surface area (Å²) in [4.78, 5) is 3.86. The number of rotatable bonds is 5. The van der Waals surface area contributed by atoms with E-state index in [4.69, 9.17) is 15.1 Å². The van der Waals surface area contributed by atoms with E-state index in [-0.39, 0.29) is 32.6 Å². The van der Waals surface area contributed by atoms with E-state index in [9.17, 15) is 8.42 Å². The monoisotopic (exact) mass is 454 g/mol. The first-order valence-corrected chi connectivity index (χ1v) is 11.7. The molecule has 0 radical (unpaired) electrons. The Balaban J connectivity index is 1.73. The molecule has 5 nitrogen and oxygen atoms in total. The molecule has 4 rings (SSSR count). The van der Waals surface area contributed by atoms with E-state index < -0.39 is 46.6 Å². The lowest BCUT2D eigenvalue weighted by molar-refractivity contribution is 0.156. The van der Waals surface area contributed by atoms with Crippen molar-refractivity contribution in [1.82, 2.24) is 14.1 Å². The topological polar surface area (TPSA) is 43.9 Å². The van der Waals surface area contributed by atoms with Gasteiger partial charge in [-0.3, -0.25) is 0 Å². The summed E-state index contributed by atoms with van der Waals surface area (Å²) in [5, 5.41) is 0.